The van der Waals surface area contributed by atoms with E-state index in [1.807, 2.05) is 0 Å². The number of likely N-dealkylation sites (tertiary alicyclic amines) is 1. The summed E-state index contributed by atoms with van der Waals surface area (Å²) in [5.41, 5.74) is 0. The molecule has 80 valence electrons. The second-order valence-corrected chi connectivity index (χ2v) is 4.42. The van der Waals surface area contributed by atoms with Gasteiger partial charge in [0, 0.05) is 25.6 Å². The monoisotopic (exact) mass is 198 g/mol. The van der Waals surface area contributed by atoms with Crippen LogP contribution in [0.15, 0.2) is 0 Å². The predicted octanol–water partition coefficient (Wildman–Crippen LogP) is -0.563. The number of rotatable bonds is 5. The molecule has 4 heteroatoms. The number of aliphatic hydroxyl groups excluding tert-OH is 1. The molecule has 1 heterocycles. The highest BCUT2D eigenvalue weighted by atomic mass is 16.3. The molecular weight excluding hydrogens is 180 g/mol. The summed E-state index contributed by atoms with van der Waals surface area (Å²) in [6.45, 7) is 3.14. The largest absolute Gasteiger partial charge is 0.396 e. The second kappa shape index (κ2) is 4.28. The van der Waals surface area contributed by atoms with Crippen molar-refractivity contribution in [3.05, 3.63) is 0 Å². The highest BCUT2D eigenvalue weighted by Crippen LogP contribution is 2.27. The highest BCUT2D eigenvalue weighted by molar-refractivity contribution is 5.79. The van der Waals surface area contributed by atoms with E-state index in [0.29, 0.717) is 12.5 Å². The van der Waals surface area contributed by atoms with Crippen LogP contribution in [0.5, 0.6) is 0 Å². The first kappa shape index (κ1) is 9.93. The van der Waals surface area contributed by atoms with Gasteiger partial charge >= 0.3 is 0 Å². The van der Waals surface area contributed by atoms with Crippen LogP contribution in [-0.2, 0) is 4.79 Å². The van der Waals surface area contributed by atoms with Crippen molar-refractivity contribution in [1.82, 2.24) is 10.2 Å². The van der Waals surface area contributed by atoms with E-state index in [4.69, 9.17) is 5.11 Å². The minimum absolute atomic E-state index is 0.176. The lowest BCUT2D eigenvalue weighted by Crippen LogP contribution is -2.53. The zero-order valence-corrected chi connectivity index (χ0v) is 8.41. The van der Waals surface area contributed by atoms with E-state index in [2.05, 4.69) is 5.32 Å². The quantitative estimate of drug-likeness (QED) is 0.622. The van der Waals surface area contributed by atoms with E-state index in [1.165, 1.54) is 12.8 Å². The smallest absolute Gasteiger partial charge is 0.236 e. The summed E-state index contributed by atoms with van der Waals surface area (Å²) in [7, 11) is 0. The van der Waals surface area contributed by atoms with Gasteiger partial charge in [0.25, 0.3) is 0 Å². The second-order valence-electron chi connectivity index (χ2n) is 4.42. The van der Waals surface area contributed by atoms with Crippen LogP contribution >= 0.6 is 0 Å². The van der Waals surface area contributed by atoms with Gasteiger partial charge in [-0.15, -0.1) is 0 Å². The normalized spacial score (nSPS) is 22.2. The van der Waals surface area contributed by atoms with Gasteiger partial charge in [-0.3, -0.25) is 4.79 Å². The number of amides is 1. The average molecular weight is 198 g/mol. The Morgan fingerprint density at radius 1 is 1.36 bits per heavy atom. The van der Waals surface area contributed by atoms with Gasteiger partial charge in [0.15, 0.2) is 0 Å². The summed E-state index contributed by atoms with van der Waals surface area (Å²) < 4.78 is 0. The van der Waals surface area contributed by atoms with Crippen LogP contribution in [0.4, 0.5) is 0 Å². The van der Waals surface area contributed by atoms with Crippen molar-refractivity contribution in [2.75, 3.05) is 32.8 Å². The van der Waals surface area contributed by atoms with Crippen molar-refractivity contribution in [3.63, 3.8) is 0 Å². The van der Waals surface area contributed by atoms with Gasteiger partial charge in [0.2, 0.25) is 5.91 Å². The molecule has 0 bridgehead atoms. The molecule has 2 rings (SSSR count). The topological polar surface area (TPSA) is 52.6 Å². The first-order valence-electron chi connectivity index (χ1n) is 5.39. The van der Waals surface area contributed by atoms with Crippen molar-refractivity contribution in [2.24, 2.45) is 11.8 Å². The summed E-state index contributed by atoms with van der Waals surface area (Å²) in [5, 5.41) is 12.0. The molecule has 1 saturated heterocycles. The molecule has 1 aliphatic carbocycles. The van der Waals surface area contributed by atoms with Gasteiger partial charge < -0.3 is 15.3 Å². The Labute approximate surface area is 84.3 Å². The van der Waals surface area contributed by atoms with Crippen molar-refractivity contribution in [3.8, 4) is 0 Å². The molecule has 2 fully saturated rings. The van der Waals surface area contributed by atoms with Crippen LogP contribution in [0.2, 0.25) is 0 Å². The predicted molar refractivity (Wildman–Crippen MR) is 52.7 cm³/mol. The van der Waals surface area contributed by atoms with Crippen LogP contribution in [0.25, 0.3) is 0 Å². The Hall–Kier alpha value is -0.610. The van der Waals surface area contributed by atoms with E-state index >= 15 is 0 Å². The van der Waals surface area contributed by atoms with Crippen LogP contribution in [0.1, 0.15) is 12.8 Å². The van der Waals surface area contributed by atoms with E-state index in [9.17, 15) is 4.79 Å². The van der Waals surface area contributed by atoms with Gasteiger partial charge in [-0.25, -0.2) is 0 Å². The number of nitrogens with one attached hydrogen (secondary N) is 1. The Kier molecular flexibility index (Phi) is 3.03. The van der Waals surface area contributed by atoms with Crippen LogP contribution in [0.3, 0.4) is 0 Å². The molecule has 14 heavy (non-hydrogen) atoms. The molecule has 0 aromatic heterocycles. The number of hydrogen-bond donors (Lipinski definition) is 2. The lowest BCUT2D eigenvalue weighted by molar-refractivity contribution is -0.137. The van der Waals surface area contributed by atoms with Crippen LogP contribution in [-0.4, -0.2) is 48.7 Å². The number of hydrogen-bond acceptors (Lipinski definition) is 3. The molecule has 1 saturated carbocycles. The Morgan fingerprint density at radius 3 is 2.64 bits per heavy atom. The molecule has 0 aromatic carbocycles. The molecule has 1 amide bonds. The summed E-state index contributed by atoms with van der Waals surface area (Å²) in [6.07, 6.45) is 2.63. The van der Waals surface area contributed by atoms with E-state index < -0.39 is 0 Å². The summed E-state index contributed by atoms with van der Waals surface area (Å²) in [6, 6.07) is 0. The van der Waals surface area contributed by atoms with Crippen molar-refractivity contribution < 1.29 is 9.90 Å². The minimum Gasteiger partial charge on any atom is -0.396 e. The van der Waals surface area contributed by atoms with Gasteiger partial charge in [-0.05, 0) is 25.3 Å². The fourth-order valence-corrected chi connectivity index (χ4v) is 1.71. The molecule has 0 atom stereocenters. The van der Waals surface area contributed by atoms with Gasteiger partial charge in [0.05, 0.1) is 6.54 Å². The fourth-order valence-electron chi connectivity index (χ4n) is 1.71. The zero-order valence-electron chi connectivity index (χ0n) is 8.41. The number of aliphatic hydroxyl groups is 1. The van der Waals surface area contributed by atoms with Crippen molar-refractivity contribution in [2.45, 2.75) is 12.8 Å². The third-order valence-electron chi connectivity index (χ3n) is 2.97. The summed E-state index contributed by atoms with van der Waals surface area (Å²) >= 11 is 0. The Morgan fingerprint density at radius 2 is 2.07 bits per heavy atom. The molecule has 1 aliphatic heterocycles. The number of carbonyl (C=O) groups excluding carboxylic acids is 1. The maximum atomic E-state index is 11.5. The molecule has 0 radical (unpaired) electrons. The molecular formula is C10H18N2O2. The first-order valence-corrected chi connectivity index (χ1v) is 5.39. The van der Waals surface area contributed by atoms with E-state index in [-0.39, 0.29) is 12.5 Å². The van der Waals surface area contributed by atoms with E-state index in [1.54, 1.807) is 4.90 Å². The molecule has 0 spiro atoms. The van der Waals surface area contributed by atoms with Crippen LogP contribution < -0.4 is 5.32 Å². The summed E-state index contributed by atoms with van der Waals surface area (Å²) in [5.74, 6) is 1.32. The third-order valence-corrected chi connectivity index (χ3v) is 2.97. The maximum absolute atomic E-state index is 11.5. The SMILES string of the molecule is O=C(CNCC1CC1)N1CC(CO)C1. The maximum Gasteiger partial charge on any atom is 0.236 e. The molecule has 4 nitrogen and oxygen atoms in total. The highest BCUT2D eigenvalue weighted by Gasteiger charge is 2.29. The average Bonchev–Trinajstić information content (AvgIpc) is 2.86. The standard InChI is InChI=1S/C10H18N2O2/c13-7-9-5-12(6-9)10(14)4-11-3-8-1-2-8/h8-9,11,13H,1-7H2. The third kappa shape index (κ3) is 2.45. The van der Waals surface area contributed by atoms with Crippen molar-refractivity contribution >= 4 is 5.91 Å². The van der Waals surface area contributed by atoms with Crippen molar-refractivity contribution in [1.29, 1.82) is 0 Å². The lowest BCUT2D eigenvalue weighted by Gasteiger charge is -2.38. The Bertz CT molecular complexity index is 210. The minimum atomic E-state index is 0.176. The Balaban J connectivity index is 1.54. The first-order chi connectivity index (χ1) is 6.79. The summed E-state index contributed by atoms with van der Waals surface area (Å²) in [4.78, 5) is 13.3. The van der Waals surface area contributed by atoms with Gasteiger partial charge in [-0.2, -0.15) is 0 Å². The molecule has 0 aromatic rings. The number of nitrogens with zero attached hydrogens (tertiary/aromatic N) is 1. The molecule has 0 unspecified atom stereocenters. The van der Waals surface area contributed by atoms with Crippen LogP contribution in [0, 0.1) is 11.8 Å². The van der Waals surface area contributed by atoms with E-state index in [0.717, 1.165) is 25.6 Å². The zero-order chi connectivity index (χ0) is 9.97. The number of carbonyl (C=O) groups is 1. The lowest BCUT2D eigenvalue weighted by atomic mass is 10.0. The van der Waals surface area contributed by atoms with Gasteiger partial charge in [0.1, 0.15) is 0 Å². The molecule has 2 aliphatic rings. The van der Waals surface area contributed by atoms with Gasteiger partial charge in [-0.1, -0.05) is 0 Å². The fraction of sp³-hybridized carbons (Fsp3) is 0.900. The molecule has 2 N–H and O–H groups in total.